The van der Waals surface area contributed by atoms with Crippen molar-refractivity contribution in [2.24, 2.45) is 11.0 Å². The number of aliphatic hydroxyl groups excluding tert-OH is 1. The molecule has 5 atom stereocenters. The third kappa shape index (κ3) is 6.53. The summed E-state index contributed by atoms with van der Waals surface area (Å²) in [5.41, 5.74) is 4.67. The Bertz CT molecular complexity index is 2210. The van der Waals surface area contributed by atoms with E-state index in [1.165, 1.54) is 5.01 Å². The van der Waals surface area contributed by atoms with Crippen molar-refractivity contribution in [3.8, 4) is 5.75 Å². The summed E-state index contributed by atoms with van der Waals surface area (Å²) in [5.74, 6) is -0.512. The standard InChI is InChI=1S/C44H48N4O7Si/c1-28-42(56(3,4)53)39(24-41(51)46-26-32-15-9-8-14-31(32)22-34(46)27-49)55-44(28)36-23-35(54-2)17-19-38(36)47(43(44)52)25-29-11-10-16-33(21-29)48-40(50)20-18-37(45-48)30-12-6-5-7-13-30/h5-17,19,21,23,28,34,39,42,49,53H,18,20,22,24-27H2,1-4H3/t28-,34+,39+,42-,44+/m1/s1. The third-order valence-electron chi connectivity index (χ3n) is 12.1. The highest BCUT2D eigenvalue weighted by atomic mass is 28.4. The number of carbonyl (C=O) groups excluding carboxylic acids is 3. The molecule has 2 N–H and O–H groups in total. The number of benzene rings is 4. The highest BCUT2D eigenvalue weighted by Gasteiger charge is 2.66. The molecule has 4 aliphatic rings. The van der Waals surface area contributed by atoms with E-state index < -0.39 is 31.5 Å². The number of fused-ring (bicyclic) bond motifs is 3. The van der Waals surface area contributed by atoms with Crippen LogP contribution in [0.3, 0.4) is 0 Å². The zero-order chi connectivity index (χ0) is 39.4. The molecule has 4 heterocycles. The first-order chi connectivity index (χ1) is 26.9. The van der Waals surface area contributed by atoms with Crippen LogP contribution in [0.5, 0.6) is 5.75 Å². The molecule has 56 heavy (non-hydrogen) atoms. The second-order valence-electron chi connectivity index (χ2n) is 16.0. The van der Waals surface area contributed by atoms with Gasteiger partial charge in [0.1, 0.15) is 5.75 Å². The average molecular weight is 773 g/mol. The van der Waals surface area contributed by atoms with Crippen LogP contribution >= 0.6 is 0 Å². The van der Waals surface area contributed by atoms with Gasteiger partial charge in [0.25, 0.3) is 5.91 Å². The van der Waals surface area contributed by atoms with Crippen LogP contribution in [0.25, 0.3) is 0 Å². The molecular weight excluding hydrogens is 725 g/mol. The number of amides is 3. The molecule has 3 amide bonds. The Balaban J connectivity index is 1.12. The number of ether oxygens (including phenoxy) is 2. The van der Waals surface area contributed by atoms with Gasteiger partial charge in [-0.25, -0.2) is 5.01 Å². The Morgan fingerprint density at radius 2 is 1.71 bits per heavy atom. The van der Waals surface area contributed by atoms with Gasteiger partial charge < -0.3 is 29.2 Å². The monoisotopic (exact) mass is 772 g/mol. The number of methoxy groups -OCH3 is 1. The predicted molar refractivity (Wildman–Crippen MR) is 216 cm³/mol. The Morgan fingerprint density at radius 3 is 2.45 bits per heavy atom. The molecule has 0 saturated carbocycles. The van der Waals surface area contributed by atoms with Gasteiger partial charge in [-0.3, -0.25) is 14.4 Å². The largest absolute Gasteiger partial charge is 0.497 e. The molecular formula is C44H48N4O7Si. The fraction of sp³-hybridized carbons (Fsp3) is 0.364. The highest BCUT2D eigenvalue weighted by Crippen LogP contribution is 2.60. The molecule has 1 saturated heterocycles. The normalized spacial score (nSPS) is 24.7. The minimum Gasteiger partial charge on any atom is -0.497 e. The number of hydrazone groups is 1. The molecule has 0 aliphatic carbocycles. The summed E-state index contributed by atoms with van der Waals surface area (Å²) >= 11 is 0. The molecule has 1 spiro atoms. The maximum absolute atomic E-state index is 15.2. The smallest absolute Gasteiger partial charge is 0.264 e. The van der Waals surface area contributed by atoms with E-state index >= 15 is 4.79 Å². The highest BCUT2D eigenvalue weighted by molar-refractivity contribution is 6.71. The first kappa shape index (κ1) is 37.8. The summed E-state index contributed by atoms with van der Waals surface area (Å²) in [6.07, 6.45) is 0.625. The summed E-state index contributed by atoms with van der Waals surface area (Å²) < 4.78 is 12.7. The van der Waals surface area contributed by atoms with Gasteiger partial charge >= 0.3 is 0 Å². The van der Waals surface area contributed by atoms with E-state index in [4.69, 9.17) is 14.6 Å². The first-order valence-corrected chi connectivity index (χ1v) is 22.4. The fourth-order valence-electron chi connectivity index (χ4n) is 9.43. The minimum absolute atomic E-state index is 0.0452. The Labute approximate surface area is 328 Å². The molecule has 0 unspecified atom stereocenters. The predicted octanol–water partition coefficient (Wildman–Crippen LogP) is 5.91. The molecule has 0 radical (unpaired) electrons. The van der Waals surface area contributed by atoms with Crippen LogP contribution in [0.15, 0.2) is 102 Å². The van der Waals surface area contributed by atoms with Gasteiger partial charge in [-0.05, 0) is 72.1 Å². The maximum atomic E-state index is 15.2. The van der Waals surface area contributed by atoms with E-state index in [1.54, 1.807) is 16.9 Å². The van der Waals surface area contributed by atoms with Crippen LogP contribution in [-0.4, -0.2) is 72.4 Å². The van der Waals surface area contributed by atoms with Crippen molar-refractivity contribution >= 4 is 43.1 Å². The first-order valence-electron chi connectivity index (χ1n) is 19.4. The van der Waals surface area contributed by atoms with E-state index in [0.29, 0.717) is 48.5 Å². The van der Waals surface area contributed by atoms with E-state index in [-0.39, 0.29) is 43.3 Å². The zero-order valence-electron chi connectivity index (χ0n) is 32.2. The second-order valence-corrected chi connectivity index (χ2v) is 19.9. The Morgan fingerprint density at radius 1 is 0.964 bits per heavy atom. The van der Waals surface area contributed by atoms with Crippen molar-refractivity contribution in [2.45, 2.75) is 82.1 Å². The number of aliphatic hydroxyl groups is 1. The lowest BCUT2D eigenvalue weighted by Crippen LogP contribution is -2.48. The summed E-state index contributed by atoms with van der Waals surface area (Å²) in [7, 11) is -1.50. The number of hydrogen-bond donors (Lipinski definition) is 2. The van der Waals surface area contributed by atoms with Crippen molar-refractivity contribution in [1.29, 1.82) is 0 Å². The van der Waals surface area contributed by atoms with Crippen LogP contribution in [0.4, 0.5) is 11.4 Å². The molecule has 4 aliphatic heterocycles. The number of hydrogen-bond acceptors (Lipinski definition) is 8. The van der Waals surface area contributed by atoms with Gasteiger partial charge in [-0.1, -0.05) is 73.7 Å². The molecule has 11 nitrogen and oxygen atoms in total. The van der Waals surface area contributed by atoms with Gasteiger partial charge in [0, 0.05) is 36.4 Å². The van der Waals surface area contributed by atoms with E-state index in [1.807, 2.05) is 117 Å². The van der Waals surface area contributed by atoms with Crippen molar-refractivity contribution in [1.82, 2.24) is 4.90 Å². The lowest BCUT2D eigenvalue weighted by Gasteiger charge is -2.37. The molecule has 0 bridgehead atoms. The molecule has 4 aromatic rings. The SMILES string of the molecule is COc1ccc2c(c1)[C@]1(O[C@@H](CC(=O)N3Cc4ccccc4C[C@H]3CO)[C@H]([Si](C)(C)O)[C@H]1C)C(=O)N2Cc1cccc(N2N=C(c3ccccc3)CCC2=O)c1. The van der Waals surface area contributed by atoms with E-state index in [2.05, 4.69) is 0 Å². The molecule has 12 heteroatoms. The van der Waals surface area contributed by atoms with Crippen molar-refractivity contribution in [3.63, 3.8) is 0 Å². The summed E-state index contributed by atoms with van der Waals surface area (Å²) in [5, 5.41) is 16.6. The minimum atomic E-state index is -3.07. The van der Waals surface area contributed by atoms with Crippen molar-refractivity contribution in [2.75, 3.05) is 23.6 Å². The summed E-state index contributed by atoms with van der Waals surface area (Å²) in [4.78, 5) is 57.9. The van der Waals surface area contributed by atoms with E-state index in [9.17, 15) is 19.5 Å². The Hall–Kier alpha value is -5.14. The van der Waals surface area contributed by atoms with Gasteiger partial charge in [0.2, 0.25) is 11.8 Å². The van der Waals surface area contributed by atoms with Crippen LogP contribution in [0.2, 0.25) is 18.6 Å². The lowest BCUT2D eigenvalue weighted by molar-refractivity contribution is -0.151. The molecule has 4 aromatic carbocycles. The summed E-state index contributed by atoms with van der Waals surface area (Å²) in [6.45, 7) is 5.99. The van der Waals surface area contributed by atoms with Gasteiger partial charge in [0.15, 0.2) is 13.9 Å². The van der Waals surface area contributed by atoms with E-state index in [0.717, 1.165) is 28.0 Å². The second kappa shape index (κ2) is 14.7. The van der Waals surface area contributed by atoms with Crippen LogP contribution in [0, 0.1) is 5.92 Å². The fourth-order valence-corrected chi connectivity index (χ4v) is 12.0. The van der Waals surface area contributed by atoms with Gasteiger partial charge in [-0.15, -0.1) is 0 Å². The number of nitrogens with zero attached hydrogens (tertiary/aromatic N) is 4. The van der Waals surface area contributed by atoms with Crippen LogP contribution < -0.4 is 14.6 Å². The lowest BCUT2D eigenvalue weighted by atomic mass is 9.82. The summed E-state index contributed by atoms with van der Waals surface area (Å²) in [6, 6.07) is 30.4. The maximum Gasteiger partial charge on any atom is 0.264 e. The number of anilines is 2. The third-order valence-corrected chi connectivity index (χ3v) is 14.6. The quantitative estimate of drug-likeness (QED) is 0.203. The van der Waals surface area contributed by atoms with Gasteiger partial charge in [0.05, 0.1) is 55.9 Å². The molecule has 290 valence electrons. The Kier molecular flexibility index (Phi) is 9.94. The van der Waals surface area contributed by atoms with Crippen molar-refractivity contribution in [3.05, 3.63) is 125 Å². The molecule has 1 fully saturated rings. The molecule has 0 aromatic heterocycles. The number of rotatable bonds is 9. The zero-order valence-corrected chi connectivity index (χ0v) is 33.2. The number of carbonyl (C=O) groups is 3. The molecule has 8 rings (SSSR count). The average Bonchev–Trinajstić information content (AvgIpc) is 3.63. The van der Waals surface area contributed by atoms with Crippen molar-refractivity contribution < 1.29 is 33.8 Å². The van der Waals surface area contributed by atoms with Crippen LogP contribution in [-0.2, 0) is 44.2 Å². The van der Waals surface area contributed by atoms with Crippen LogP contribution in [0.1, 0.15) is 54.0 Å². The topological polar surface area (TPSA) is 132 Å². The van der Waals surface area contributed by atoms with Gasteiger partial charge in [-0.2, -0.15) is 5.10 Å².